The first-order valence-corrected chi connectivity index (χ1v) is 8.41. The summed E-state index contributed by atoms with van der Waals surface area (Å²) in [4.78, 5) is 32.5. The lowest BCUT2D eigenvalue weighted by atomic mass is 10.1. The number of aliphatic imine (C=N–C) groups is 1. The molecule has 24 heavy (non-hydrogen) atoms. The first-order valence-electron chi connectivity index (χ1n) is 8.41. The van der Waals surface area contributed by atoms with Gasteiger partial charge >= 0.3 is 6.03 Å². The predicted molar refractivity (Wildman–Crippen MR) is 89.7 cm³/mol. The first-order chi connectivity index (χ1) is 11.4. The zero-order chi connectivity index (χ0) is 17.6. The van der Waals surface area contributed by atoms with Crippen molar-refractivity contribution >= 4 is 17.9 Å². The Bertz CT molecular complexity index is 707. The molecule has 2 unspecified atom stereocenters. The molecule has 3 rings (SSSR count). The Kier molecular flexibility index (Phi) is 4.06. The third kappa shape index (κ3) is 2.37. The highest BCUT2D eigenvalue weighted by Gasteiger charge is 2.50. The SMILES string of the molecule is CCc1cc(CC)n(C2=NC3C(C(=O)NC(=O)N3C)N2C(C)C)n1. The summed E-state index contributed by atoms with van der Waals surface area (Å²) < 4.78 is 1.82. The van der Waals surface area contributed by atoms with Gasteiger partial charge in [-0.15, -0.1) is 0 Å². The number of hydrogen-bond donors (Lipinski definition) is 1. The fourth-order valence-corrected chi connectivity index (χ4v) is 3.26. The van der Waals surface area contributed by atoms with Gasteiger partial charge in [-0.05, 0) is 32.8 Å². The van der Waals surface area contributed by atoms with Gasteiger partial charge in [0.25, 0.3) is 5.91 Å². The maximum absolute atomic E-state index is 12.4. The number of nitrogens with zero attached hydrogens (tertiary/aromatic N) is 5. The van der Waals surface area contributed by atoms with Gasteiger partial charge in [0.15, 0.2) is 12.2 Å². The van der Waals surface area contributed by atoms with Crippen LogP contribution < -0.4 is 5.32 Å². The van der Waals surface area contributed by atoms with Gasteiger partial charge in [-0.25, -0.2) is 14.5 Å². The molecule has 0 radical (unpaired) electrons. The van der Waals surface area contributed by atoms with Crippen LogP contribution in [0.15, 0.2) is 11.1 Å². The minimum atomic E-state index is -0.526. The van der Waals surface area contributed by atoms with Crippen LogP contribution in [0.1, 0.15) is 39.1 Å². The molecule has 2 aliphatic rings. The van der Waals surface area contributed by atoms with E-state index in [4.69, 9.17) is 4.99 Å². The Labute approximate surface area is 141 Å². The molecule has 0 aliphatic carbocycles. The molecule has 0 spiro atoms. The monoisotopic (exact) mass is 332 g/mol. The number of aryl methyl sites for hydroxylation is 2. The Hall–Kier alpha value is -2.38. The number of likely N-dealkylation sites (N-methyl/N-ethyl adjacent to an activating group) is 1. The average Bonchev–Trinajstić information content (AvgIpc) is 3.13. The zero-order valence-corrected chi connectivity index (χ0v) is 14.8. The average molecular weight is 332 g/mol. The van der Waals surface area contributed by atoms with E-state index in [0.717, 1.165) is 24.2 Å². The van der Waals surface area contributed by atoms with Gasteiger partial charge in [-0.2, -0.15) is 5.10 Å². The topological polar surface area (TPSA) is 82.8 Å². The molecule has 8 heteroatoms. The smallest absolute Gasteiger partial charge is 0.323 e. The maximum Gasteiger partial charge on any atom is 0.325 e. The van der Waals surface area contributed by atoms with Crippen molar-refractivity contribution in [1.82, 2.24) is 24.9 Å². The van der Waals surface area contributed by atoms with Crippen LogP contribution in [0, 0.1) is 0 Å². The fraction of sp³-hybridized carbons (Fsp3) is 0.625. The normalized spacial score (nSPS) is 23.7. The van der Waals surface area contributed by atoms with Crippen LogP contribution in [-0.4, -0.2) is 62.8 Å². The molecule has 2 aliphatic heterocycles. The molecule has 3 heterocycles. The molecule has 2 atom stereocenters. The number of urea groups is 1. The summed E-state index contributed by atoms with van der Waals surface area (Å²) >= 11 is 0. The molecule has 0 saturated carbocycles. The lowest BCUT2D eigenvalue weighted by Crippen LogP contribution is -2.64. The van der Waals surface area contributed by atoms with E-state index in [1.807, 2.05) is 23.4 Å². The second kappa shape index (κ2) is 5.92. The lowest BCUT2D eigenvalue weighted by Gasteiger charge is -2.37. The van der Waals surface area contributed by atoms with E-state index in [1.165, 1.54) is 4.90 Å². The minimum Gasteiger partial charge on any atom is -0.323 e. The highest BCUT2D eigenvalue weighted by Crippen LogP contribution is 2.27. The van der Waals surface area contributed by atoms with Crippen molar-refractivity contribution in [3.8, 4) is 0 Å². The molecule has 0 bridgehead atoms. The van der Waals surface area contributed by atoms with Gasteiger partial charge in [-0.3, -0.25) is 10.1 Å². The van der Waals surface area contributed by atoms with Crippen molar-refractivity contribution < 1.29 is 9.59 Å². The van der Waals surface area contributed by atoms with E-state index in [9.17, 15) is 9.59 Å². The third-order valence-corrected chi connectivity index (χ3v) is 4.58. The van der Waals surface area contributed by atoms with Crippen molar-refractivity contribution in [1.29, 1.82) is 0 Å². The van der Waals surface area contributed by atoms with Gasteiger partial charge in [0.2, 0.25) is 5.96 Å². The molecule has 1 aromatic rings. The van der Waals surface area contributed by atoms with Gasteiger partial charge in [0.05, 0.1) is 5.69 Å². The number of carbonyl (C=O) groups is 2. The van der Waals surface area contributed by atoms with Crippen LogP contribution in [0.4, 0.5) is 4.79 Å². The van der Waals surface area contributed by atoms with Gasteiger partial charge < -0.3 is 9.80 Å². The second-order valence-electron chi connectivity index (χ2n) is 6.44. The van der Waals surface area contributed by atoms with Crippen LogP contribution in [0.3, 0.4) is 0 Å². The van der Waals surface area contributed by atoms with Crippen molar-refractivity contribution in [2.45, 2.75) is 58.8 Å². The van der Waals surface area contributed by atoms with Crippen LogP contribution in [0.25, 0.3) is 0 Å². The Morgan fingerprint density at radius 3 is 2.54 bits per heavy atom. The second-order valence-corrected chi connectivity index (χ2v) is 6.44. The van der Waals surface area contributed by atoms with Crippen LogP contribution in [-0.2, 0) is 17.6 Å². The zero-order valence-electron chi connectivity index (χ0n) is 14.8. The number of fused-ring (bicyclic) bond motifs is 1. The summed E-state index contributed by atoms with van der Waals surface area (Å²) in [6.45, 7) is 8.15. The minimum absolute atomic E-state index is 0.0464. The predicted octanol–water partition coefficient (Wildman–Crippen LogP) is 0.812. The molecular formula is C16H24N6O2. The summed E-state index contributed by atoms with van der Waals surface area (Å²) in [5.74, 6) is 0.324. The quantitative estimate of drug-likeness (QED) is 0.888. The summed E-state index contributed by atoms with van der Waals surface area (Å²) in [6, 6.07) is 1.17. The number of aromatic nitrogens is 2. The molecule has 130 valence electrons. The highest BCUT2D eigenvalue weighted by molar-refractivity contribution is 6.04. The Morgan fingerprint density at radius 2 is 1.96 bits per heavy atom. The molecule has 0 aromatic carbocycles. The van der Waals surface area contributed by atoms with Crippen molar-refractivity contribution in [2.24, 2.45) is 4.99 Å². The van der Waals surface area contributed by atoms with E-state index < -0.39 is 18.2 Å². The summed E-state index contributed by atoms with van der Waals surface area (Å²) in [5, 5.41) is 7.06. The van der Waals surface area contributed by atoms with Gasteiger partial charge in [0.1, 0.15) is 0 Å². The number of carbonyl (C=O) groups excluding carboxylic acids is 2. The van der Waals surface area contributed by atoms with Crippen molar-refractivity contribution in [3.63, 3.8) is 0 Å². The van der Waals surface area contributed by atoms with Crippen LogP contribution in [0.2, 0.25) is 0 Å². The number of amides is 3. The molecule has 1 aromatic heterocycles. The number of nitrogens with one attached hydrogen (secondary N) is 1. The summed E-state index contributed by atoms with van der Waals surface area (Å²) in [7, 11) is 1.66. The van der Waals surface area contributed by atoms with Gasteiger partial charge in [-0.1, -0.05) is 13.8 Å². The number of imide groups is 1. The van der Waals surface area contributed by atoms with Crippen molar-refractivity contribution in [3.05, 3.63) is 17.5 Å². The van der Waals surface area contributed by atoms with Crippen LogP contribution >= 0.6 is 0 Å². The molecule has 1 N–H and O–H groups in total. The fourth-order valence-electron chi connectivity index (χ4n) is 3.26. The largest absolute Gasteiger partial charge is 0.325 e. The lowest BCUT2D eigenvalue weighted by molar-refractivity contribution is -0.127. The molecule has 3 amide bonds. The first kappa shape index (κ1) is 16.5. The van der Waals surface area contributed by atoms with Gasteiger partial charge in [0, 0.05) is 18.8 Å². The highest BCUT2D eigenvalue weighted by atomic mass is 16.2. The molecular weight excluding hydrogens is 308 g/mol. The molecule has 1 fully saturated rings. The van der Waals surface area contributed by atoms with E-state index in [-0.39, 0.29) is 11.9 Å². The van der Waals surface area contributed by atoms with E-state index in [0.29, 0.717) is 5.96 Å². The summed E-state index contributed by atoms with van der Waals surface area (Å²) in [5.41, 5.74) is 2.03. The molecule has 1 saturated heterocycles. The number of hydrogen-bond acceptors (Lipinski definition) is 5. The Morgan fingerprint density at radius 1 is 1.25 bits per heavy atom. The Balaban J connectivity index is 2.10. The van der Waals surface area contributed by atoms with E-state index in [2.05, 4.69) is 30.3 Å². The number of rotatable bonds is 3. The summed E-state index contributed by atoms with van der Waals surface area (Å²) in [6.07, 6.45) is 1.12. The van der Waals surface area contributed by atoms with E-state index in [1.54, 1.807) is 7.05 Å². The van der Waals surface area contributed by atoms with Crippen molar-refractivity contribution in [2.75, 3.05) is 7.05 Å². The standard InChI is InChI=1S/C16H24N6O2/c1-6-10-8-11(7-2)22(19-10)15-17-13-12(21(15)9(3)4)14(23)18-16(24)20(13)5/h8-9,12-13H,6-7H2,1-5H3,(H,18,23,24). The van der Waals surface area contributed by atoms with Crippen LogP contribution in [0.5, 0.6) is 0 Å². The molecule has 8 nitrogen and oxygen atoms in total. The van der Waals surface area contributed by atoms with E-state index >= 15 is 0 Å². The third-order valence-electron chi connectivity index (χ3n) is 4.58. The maximum atomic E-state index is 12.4.